The monoisotopic (exact) mass is 273 g/mol. The third kappa shape index (κ3) is 1.97. The lowest BCUT2D eigenvalue weighted by molar-refractivity contribution is -0.148. The normalized spacial score (nSPS) is 17.6. The van der Waals surface area contributed by atoms with Gasteiger partial charge in [0.05, 0.1) is 5.41 Å². The molecule has 1 saturated carbocycles. The second kappa shape index (κ2) is 4.89. The molecule has 0 amide bonds. The molecule has 20 heavy (non-hydrogen) atoms. The molecule has 1 fully saturated rings. The van der Waals surface area contributed by atoms with E-state index < -0.39 is 11.4 Å². The van der Waals surface area contributed by atoms with Crippen LogP contribution in [0, 0.1) is 5.41 Å². The molecule has 0 spiro atoms. The molecule has 0 saturated heterocycles. The van der Waals surface area contributed by atoms with Crippen molar-refractivity contribution in [2.24, 2.45) is 5.41 Å². The molecule has 1 aliphatic carbocycles. The lowest BCUT2D eigenvalue weighted by Crippen LogP contribution is -2.31. The summed E-state index contributed by atoms with van der Waals surface area (Å²) in [5, 5.41) is 9.61. The quantitative estimate of drug-likeness (QED) is 0.929. The van der Waals surface area contributed by atoms with E-state index in [4.69, 9.17) is 0 Å². The average Bonchev–Trinajstić information content (AvgIpc) is 3.03. The van der Waals surface area contributed by atoms with Crippen molar-refractivity contribution in [1.82, 2.24) is 14.5 Å². The zero-order chi connectivity index (χ0) is 14.2. The Balaban J connectivity index is 2.03. The fourth-order valence-electron chi connectivity index (χ4n) is 3.29. The molecule has 5 nitrogen and oxygen atoms in total. The maximum atomic E-state index is 11.7. The number of hydrogen-bond acceptors (Lipinski definition) is 3. The van der Waals surface area contributed by atoms with E-state index in [1.54, 1.807) is 6.20 Å². The van der Waals surface area contributed by atoms with Gasteiger partial charge in [-0.15, -0.1) is 0 Å². The highest BCUT2D eigenvalue weighted by Gasteiger charge is 2.42. The minimum absolute atomic E-state index is 0.506. The first-order valence-corrected chi connectivity index (χ1v) is 7.20. The van der Waals surface area contributed by atoms with Gasteiger partial charge in [-0.3, -0.25) is 4.79 Å². The Hall–Kier alpha value is -1.91. The molecule has 2 aromatic rings. The summed E-state index contributed by atoms with van der Waals surface area (Å²) in [6, 6.07) is 3.79. The molecule has 5 heteroatoms. The zero-order valence-electron chi connectivity index (χ0n) is 11.7. The van der Waals surface area contributed by atoms with Crippen LogP contribution < -0.4 is 0 Å². The number of carboxylic acid groups (broad SMARTS) is 1. The van der Waals surface area contributed by atoms with Gasteiger partial charge in [0, 0.05) is 19.2 Å². The average molecular weight is 273 g/mol. The Morgan fingerprint density at radius 1 is 1.45 bits per heavy atom. The van der Waals surface area contributed by atoms with Crippen molar-refractivity contribution in [2.45, 2.75) is 45.6 Å². The van der Waals surface area contributed by atoms with Crippen LogP contribution in [0.2, 0.25) is 0 Å². The molecule has 0 bridgehead atoms. The highest BCUT2D eigenvalue weighted by Crippen LogP contribution is 2.41. The van der Waals surface area contributed by atoms with Crippen LogP contribution in [-0.2, 0) is 17.8 Å². The second-order valence-corrected chi connectivity index (χ2v) is 5.59. The summed E-state index contributed by atoms with van der Waals surface area (Å²) in [7, 11) is 0. The van der Waals surface area contributed by atoms with Crippen molar-refractivity contribution in [1.29, 1.82) is 0 Å². The number of imidazole rings is 1. The largest absolute Gasteiger partial charge is 0.481 e. The van der Waals surface area contributed by atoms with Gasteiger partial charge in [-0.1, -0.05) is 12.8 Å². The van der Waals surface area contributed by atoms with Gasteiger partial charge in [0.2, 0.25) is 0 Å². The van der Waals surface area contributed by atoms with E-state index in [0.29, 0.717) is 6.42 Å². The van der Waals surface area contributed by atoms with E-state index in [1.807, 2.05) is 23.6 Å². The van der Waals surface area contributed by atoms with Crippen LogP contribution in [-0.4, -0.2) is 25.6 Å². The number of rotatable bonds is 4. The first kappa shape index (κ1) is 13.1. The van der Waals surface area contributed by atoms with Crippen LogP contribution in [0.1, 0.15) is 38.4 Å². The molecule has 0 unspecified atom stereocenters. The van der Waals surface area contributed by atoms with E-state index in [2.05, 4.69) is 9.97 Å². The SMILES string of the molecule is CCn1c(CC2(C(=O)O)CCCC2)nc2cccnc21. The fraction of sp³-hybridized carbons (Fsp3) is 0.533. The van der Waals surface area contributed by atoms with E-state index >= 15 is 0 Å². The maximum absolute atomic E-state index is 11.7. The van der Waals surface area contributed by atoms with E-state index in [1.165, 1.54) is 0 Å². The fourth-order valence-corrected chi connectivity index (χ4v) is 3.29. The van der Waals surface area contributed by atoms with Crippen molar-refractivity contribution in [2.75, 3.05) is 0 Å². The van der Waals surface area contributed by atoms with Gasteiger partial charge in [0.1, 0.15) is 11.3 Å². The van der Waals surface area contributed by atoms with E-state index in [-0.39, 0.29) is 0 Å². The smallest absolute Gasteiger partial charge is 0.310 e. The highest BCUT2D eigenvalue weighted by atomic mass is 16.4. The molecule has 2 heterocycles. The van der Waals surface area contributed by atoms with Crippen molar-refractivity contribution < 1.29 is 9.90 Å². The summed E-state index contributed by atoms with van der Waals surface area (Å²) >= 11 is 0. The Bertz CT molecular complexity index is 642. The third-order valence-electron chi connectivity index (χ3n) is 4.41. The Morgan fingerprint density at radius 2 is 2.20 bits per heavy atom. The molecule has 1 N–H and O–H groups in total. The molecule has 0 aromatic carbocycles. The van der Waals surface area contributed by atoms with Crippen LogP contribution in [0.15, 0.2) is 18.3 Å². The predicted octanol–water partition coefficient (Wildman–Crippen LogP) is 2.64. The number of fused-ring (bicyclic) bond motifs is 1. The standard InChI is InChI=1S/C15H19N3O2/c1-2-18-12(17-11-6-5-9-16-13(11)18)10-15(14(19)20)7-3-4-8-15/h5-6,9H,2-4,7-8,10H2,1H3,(H,19,20). The lowest BCUT2D eigenvalue weighted by Gasteiger charge is -2.23. The molecular weight excluding hydrogens is 254 g/mol. The summed E-state index contributed by atoms with van der Waals surface area (Å²) in [6.45, 7) is 2.81. The molecule has 3 rings (SSSR count). The summed E-state index contributed by atoms with van der Waals surface area (Å²) < 4.78 is 2.04. The number of aliphatic carboxylic acids is 1. The number of aryl methyl sites for hydroxylation is 1. The minimum Gasteiger partial charge on any atom is -0.481 e. The number of hydrogen-bond donors (Lipinski definition) is 1. The molecule has 0 radical (unpaired) electrons. The maximum Gasteiger partial charge on any atom is 0.310 e. The van der Waals surface area contributed by atoms with Gasteiger partial charge in [0.15, 0.2) is 5.65 Å². The predicted molar refractivity (Wildman–Crippen MR) is 75.4 cm³/mol. The molecule has 0 atom stereocenters. The van der Waals surface area contributed by atoms with Gasteiger partial charge >= 0.3 is 5.97 Å². The summed E-state index contributed by atoms with van der Waals surface area (Å²) in [6.07, 6.45) is 5.76. The minimum atomic E-state index is -0.683. The molecule has 0 aliphatic heterocycles. The summed E-state index contributed by atoms with van der Waals surface area (Å²) in [5.74, 6) is 0.170. The molecular formula is C15H19N3O2. The number of pyridine rings is 1. The summed E-state index contributed by atoms with van der Waals surface area (Å²) in [5.41, 5.74) is 1.07. The van der Waals surface area contributed by atoms with E-state index in [9.17, 15) is 9.90 Å². The topological polar surface area (TPSA) is 68.0 Å². The van der Waals surface area contributed by atoms with Gasteiger partial charge in [0.25, 0.3) is 0 Å². The third-order valence-corrected chi connectivity index (χ3v) is 4.41. The zero-order valence-corrected chi connectivity index (χ0v) is 11.7. The Kier molecular flexibility index (Phi) is 3.20. The van der Waals surface area contributed by atoms with Crippen LogP contribution in [0.4, 0.5) is 0 Å². The van der Waals surface area contributed by atoms with Gasteiger partial charge in [-0.05, 0) is 31.9 Å². The number of aromatic nitrogens is 3. The van der Waals surface area contributed by atoms with Crippen molar-refractivity contribution in [3.8, 4) is 0 Å². The van der Waals surface area contributed by atoms with Gasteiger partial charge in [-0.25, -0.2) is 9.97 Å². The second-order valence-electron chi connectivity index (χ2n) is 5.59. The Labute approximate surface area is 117 Å². The van der Waals surface area contributed by atoms with Crippen molar-refractivity contribution >= 4 is 17.1 Å². The van der Waals surface area contributed by atoms with E-state index in [0.717, 1.165) is 49.2 Å². The number of carbonyl (C=O) groups is 1. The first-order valence-electron chi connectivity index (χ1n) is 7.20. The highest BCUT2D eigenvalue weighted by molar-refractivity contribution is 5.76. The molecule has 106 valence electrons. The molecule has 2 aromatic heterocycles. The van der Waals surface area contributed by atoms with Crippen LogP contribution in [0.3, 0.4) is 0 Å². The van der Waals surface area contributed by atoms with Crippen LogP contribution >= 0.6 is 0 Å². The Morgan fingerprint density at radius 3 is 2.85 bits per heavy atom. The lowest BCUT2D eigenvalue weighted by atomic mass is 9.82. The van der Waals surface area contributed by atoms with Crippen molar-refractivity contribution in [3.05, 3.63) is 24.2 Å². The molecule has 1 aliphatic rings. The van der Waals surface area contributed by atoms with Crippen molar-refractivity contribution in [3.63, 3.8) is 0 Å². The first-order chi connectivity index (χ1) is 9.66. The van der Waals surface area contributed by atoms with Gasteiger partial charge in [-0.2, -0.15) is 0 Å². The number of nitrogens with zero attached hydrogens (tertiary/aromatic N) is 3. The number of carboxylic acids is 1. The van der Waals surface area contributed by atoms with Gasteiger partial charge < -0.3 is 9.67 Å². The van der Waals surface area contributed by atoms with Crippen LogP contribution in [0.25, 0.3) is 11.2 Å². The summed E-state index contributed by atoms with van der Waals surface area (Å²) in [4.78, 5) is 20.7. The van der Waals surface area contributed by atoms with Crippen LogP contribution in [0.5, 0.6) is 0 Å².